The van der Waals surface area contributed by atoms with Gasteiger partial charge < -0.3 is 4.52 Å². The van der Waals surface area contributed by atoms with Crippen molar-refractivity contribution in [3.05, 3.63) is 78.4 Å². The van der Waals surface area contributed by atoms with Gasteiger partial charge in [0.2, 0.25) is 0 Å². The van der Waals surface area contributed by atoms with Gasteiger partial charge in [0.1, 0.15) is 5.75 Å². The van der Waals surface area contributed by atoms with Gasteiger partial charge in [-0.1, -0.05) is 48.5 Å². The van der Waals surface area contributed by atoms with Crippen molar-refractivity contribution in [2.45, 2.75) is 6.92 Å². The summed E-state index contributed by atoms with van der Waals surface area (Å²) in [5.41, 5.74) is 2.47. The van der Waals surface area contributed by atoms with Crippen LogP contribution in [-0.4, -0.2) is 5.78 Å². The van der Waals surface area contributed by atoms with E-state index in [4.69, 9.17) is 4.52 Å². The summed E-state index contributed by atoms with van der Waals surface area (Å²) in [6, 6.07) is 22.1. The lowest BCUT2D eigenvalue weighted by Gasteiger charge is -2.28. The first-order valence-corrected chi connectivity index (χ1v) is 9.32. The Hall–Kier alpha value is -2.64. The van der Waals surface area contributed by atoms with Gasteiger partial charge >= 0.3 is 7.37 Å². The molecular formula is C20H15O3P. The van der Waals surface area contributed by atoms with Crippen molar-refractivity contribution < 1.29 is 13.9 Å². The fourth-order valence-electron chi connectivity index (χ4n) is 3.00. The van der Waals surface area contributed by atoms with E-state index in [1.165, 1.54) is 6.92 Å². The minimum Gasteiger partial charge on any atom is -0.436 e. The summed E-state index contributed by atoms with van der Waals surface area (Å²) in [7, 11) is -3.25. The second-order valence-corrected chi connectivity index (χ2v) is 8.04. The Kier molecular flexibility index (Phi) is 3.40. The molecule has 1 aliphatic heterocycles. The van der Waals surface area contributed by atoms with Crippen LogP contribution in [-0.2, 0) is 4.57 Å². The standard InChI is InChI=1S/C20H15O3P/c1-14(21)15-10-12-16(13-11-15)24(22)20-9-5-3-7-18(20)17-6-2-4-8-19(17)23-24/h2-13H,1H3. The molecule has 1 aliphatic rings. The molecule has 0 radical (unpaired) electrons. The third-order valence-electron chi connectivity index (χ3n) is 4.24. The maximum absolute atomic E-state index is 13.8. The molecule has 0 saturated heterocycles. The summed E-state index contributed by atoms with van der Waals surface area (Å²) in [5, 5.41) is 1.29. The Morgan fingerprint density at radius 3 is 2.17 bits per heavy atom. The van der Waals surface area contributed by atoms with Crippen molar-refractivity contribution in [1.82, 2.24) is 0 Å². The number of ketones is 1. The first-order valence-electron chi connectivity index (χ1n) is 7.70. The molecule has 0 fully saturated rings. The fourth-order valence-corrected chi connectivity index (χ4v) is 5.25. The van der Waals surface area contributed by atoms with Crippen molar-refractivity contribution in [3.8, 4) is 16.9 Å². The summed E-state index contributed by atoms with van der Waals surface area (Å²) >= 11 is 0. The highest BCUT2D eigenvalue weighted by molar-refractivity contribution is 7.75. The van der Waals surface area contributed by atoms with E-state index >= 15 is 0 Å². The highest BCUT2D eigenvalue weighted by Gasteiger charge is 2.37. The molecule has 3 aromatic rings. The molecule has 0 saturated carbocycles. The lowest BCUT2D eigenvalue weighted by Crippen LogP contribution is -2.25. The third kappa shape index (κ3) is 2.21. The summed E-state index contributed by atoms with van der Waals surface area (Å²) in [4.78, 5) is 11.5. The molecule has 1 heterocycles. The molecule has 4 rings (SSSR count). The van der Waals surface area contributed by atoms with Crippen LogP contribution in [0.1, 0.15) is 17.3 Å². The molecule has 0 amide bonds. The van der Waals surface area contributed by atoms with Crippen LogP contribution in [0.3, 0.4) is 0 Å². The lowest BCUT2D eigenvalue weighted by atomic mass is 10.0. The number of rotatable bonds is 2. The Labute approximate surface area is 140 Å². The van der Waals surface area contributed by atoms with Crippen molar-refractivity contribution in [3.63, 3.8) is 0 Å². The zero-order chi connectivity index (χ0) is 16.7. The topological polar surface area (TPSA) is 43.4 Å². The number of para-hydroxylation sites is 1. The molecule has 3 aromatic carbocycles. The van der Waals surface area contributed by atoms with Crippen LogP contribution in [0.4, 0.5) is 0 Å². The average molecular weight is 334 g/mol. The number of fused-ring (bicyclic) bond motifs is 3. The van der Waals surface area contributed by atoms with E-state index in [0.29, 0.717) is 21.9 Å². The van der Waals surface area contributed by atoms with Crippen LogP contribution < -0.4 is 15.1 Å². The second kappa shape index (κ2) is 5.47. The SMILES string of the molecule is CC(=O)c1ccc(P2(=O)Oc3ccccc3-c3ccccc32)cc1. The van der Waals surface area contributed by atoms with Crippen molar-refractivity contribution in [2.75, 3.05) is 0 Å². The molecule has 3 nitrogen and oxygen atoms in total. The van der Waals surface area contributed by atoms with Crippen LogP contribution in [0.2, 0.25) is 0 Å². The normalized spacial score (nSPS) is 18.2. The van der Waals surface area contributed by atoms with E-state index in [1.54, 1.807) is 24.3 Å². The number of hydrogen-bond acceptors (Lipinski definition) is 3. The highest BCUT2D eigenvalue weighted by atomic mass is 31.2. The quantitative estimate of drug-likeness (QED) is 0.522. The van der Waals surface area contributed by atoms with Gasteiger partial charge in [0.05, 0.1) is 10.6 Å². The molecule has 24 heavy (non-hydrogen) atoms. The highest BCUT2D eigenvalue weighted by Crippen LogP contribution is 2.53. The minimum atomic E-state index is -3.25. The van der Waals surface area contributed by atoms with Crippen LogP contribution >= 0.6 is 7.37 Å². The molecule has 0 bridgehead atoms. The molecule has 0 aromatic heterocycles. The Bertz CT molecular complexity index is 990. The van der Waals surface area contributed by atoms with Crippen molar-refractivity contribution in [1.29, 1.82) is 0 Å². The summed E-state index contributed by atoms with van der Waals surface area (Å²) in [5.74, 6) is 0.602. The van der Waals surface area contributed by atoms with Gasteiger partial charge in [-0.15, -0.1) is 0 Å². The van der Waals surface area contributed by atoms with Crippen LogP contribution in [0.25, 0.3) is 11.1 Å². The van der Waals surface area contributed by atoms with E-state index in [0.717, 1.165) is 11.1 Å². The number of hydrogen-bond donors (Lipinski definition) is 0. The van der Waals surface area contributed by atoms with E-state index in [2.05, 4.69) is 0 Å². The summed E-state index contributed by atoms with van der Waals surface area (Å²) < 4.78 is 19.8. The molecule has 1 atom stereocenters. The molecule has 0 N–H and O–H groups in total. The maximum atomic E-state index is 13.8. The maximum Gasteiger partial charge on any atom is 0.307 e. The van der Waals surface area contributed by atoms with Gasteiger partial charge in [0.15, 0.2) is 5.78 Å². The Morgan fingerprint density at radius 1 is 0.833 bits per heavy atom. The average Bonchev–Trinajstić information content (AvgIpc) is 2.62. The van der Waals surface area contributed by atoms with Crippen molar-refractivity contribution in [2.24, 2.45) is 0 Å². The van der Waals surface area contributed by atoms with Gasteiger partial charge in [0, 0.05) is 11.1 Å². The van der Waals surface area contributed by atoms with Crippen LogP contribution in [0, 0.1) is 0 Å². The summed E-state index contributed by atoms with van der Waals surface area (Å²) in [6.07, 6.45) is 0. The van der Waals surface area contributed by atoms with E-state index in [-0.39, 0.29) is 5.78 Å². The Balaban J connectivity index is 1.92. The zero-order valence-electron chi connectivity index (χ0n) is 13.1. The van der Waals surface area contributed by atoms with Gasteiger partial charge in [0.25, 0.3) is 0 Å². The van der Waals surface area contributed by atoms with Gasteiger partial charge in [-0.05, 0) is 36.8 Å². The first-order chi connectivity index (χ1) is 11.6. The number of benzene rings is 3. The lowest BCUT2D eigenvalue weighted by molar-refractivity contribution is 0.101. The summed E-state index contributed by atoms with van der Waals surface area (Å²) in [6.45, 7) is 1.51. The van der Waals surface area contributed by atoms with Gasteiger partial charge in [-0.2, -0.15) is 0 Å². The van der Waals surface area contributed by atoms with Gasteiger partial charge in [-0.25, -0.2) is 0 Å². The van der Waals surface area contributed by atoms with E-state index in [1.807, 2.05) is 48.5 Å². The van der Waals surface area contributed by atoms with Crippen LogP contribution in [0.5, 0.6) is 5.75 Å². The molecular weight excluding hydrogens is 319 g/mol. The minimum absolute atomic E-state index is 0.0184. The van der Waals surface area contributed by atoms with Crippen molar-refractivity contribution >= 4 is 23.8 Å². The number of Topliss-reactive ketones (excluding diaryl/α,β-unsaturated/α-hetero) is 1. The third-order valence-corrected chi connectivity index (χ3v) is 6.70. The zero-order valence-corrected chi connectivity index (χ0v) is 14.0. The van der Waals surface area contributed by atoms with Gasteiger partial charge in [-0.3, -0.25) is 9.36 Å². The molecule has 0 spiro atoms. The first kappa shape index (κ1) is 14.9. The predicted molar refractivity (Wildman–Crippen MR) is 95.8 cm³/mol. The molecule has 1 unspecified atom stereocenters. The molecule has 0 aliphatic carbocycles. The number of carbonyl (C=O) groups excluding carboxylic acids is 1. The number of carbonyl (C=O) groups is 1. The van der Waals surface area contributed by atoms with E-state index in [9.17, 15) is 9.36 Å². The monoisotopic (exact) mass is 334 g/mol. The Morgan fingerprint density at radius 2 is 1.46 bits per heavy atom. The van der Waals surface area contributed by atoms with E-state index < -0.39 is 7.37 Å². The molecule has 118 valence electrons. The smallest absolute Gasteiger partial charge is 0.307 e. The predicted octanol–water partition coefficient (Wildman–Crippen LogP) is 4.18. The largest absolute Gasteiger partial charge is 0.436 e. The second-order valence-electron chi connectivity index (χ2n) is 5.76. The fraction of sp³-hybridized carbons (Fsp3) is 0.0500. The van der Waals surface area contributed by atoms with Crippen LogP contribution in [0.15, 0.2) is 72.8 Å². The molecule has 4 heteroatoms.